The van der Waals surface area contributed by atoms with Crippen LogP contribution in [-0.4, -0.2) is 32.9 Å². The first-order valence-electron chi connectivity index (χ1n) is 8.37. The number of benzene rings is 2. The van der Waals surface area contributed by atoms with Crippen LogP contribution in [0.3, 0.4) is 0 Å². The van der Waals surface area contributed by atoms with E-state index in [-0.39, 0.29) is 12.2 Å². The van der Waals surface area contributed by atoms with Crippen LogP contribution in [0.1, 0.15) is 22.8 Å². The highest BCUT2D eigenvalue weighted by Crippen LogP contribution is 2.34. The molecular formula is C20H25NO3. The van der Waals surface area contributed by atoms with E-state index >= 15 is 0 Å². The van der Waals surface area contributed by atoms with E-state index in [9.17, 15) is 0 Å². The first kappa shape index (κ1) is 16.8. The molecule has 0 aliphatic carbocycles. The summed E-state index contributed by atoms with van der Waals surface area (Å²) in [6.45, 7) is 6.48. The molecule has 1 aliphatic rings. The van der Waals surface area contributed by atoms with Gasteiger partial charge in [-0.3, -0.25) is 0 Å². The van der Waals surface area contributed by atoms with Crippen molar-refractivity contribution in [1.29, 1.82) is 0 Å². The second-order valence-corrected chi connectivity index (χ2v) is 6.22. The van der Waals surface area contributed by atoms with E-state index in [4.69, 9.17) is 14.2 Å². The zero-order valence-corrected chi connectivity index (χ0v) is 14.5. The molecule has 2 aromatic carbocycles. The van der Waals surface area contributed by atoms with Crippen LogP contribution in [-0.2, 0) is 4.74 Å². The first-order valence-corrected chi connectivity index (χ1v) is 8.37. The minimum Gasteiger partial charge on any atom is -0.493 e. The summed E-state index contributed by atoms with van der Waals surface area (Å²) in [6.07, 6.45) is -0.221. The molecular weight excluding hydrogens is 302 g/mol. The standard InChI is InChI=1S/C20H25NO3/c1-14-5-4-6-16(11-14)20(19-13-21-9-10-23-19)24-17-8-7-15(2)12-18(17)22-3/h4-8,11-12,19-21H,9-10,13H2,1-3H3/t19-,20?/m0/s1. The Morgan fingerprint density at radius 2 is 1.92 bits per heavy atom. The van der Waals surface area contributed by atoms with Gasteiger partial charge >= 0.3 is 0 Å². The normalized spacial score (nSPS) is 18.9. The molecule has 0 bridgehead atoms. The van der Waals surface area contributed by atoms with Crippen molar-refractivity contribution in [3.8, 4) is 11.5 Å². The van der Waals surface area contributed by atoms with Crippen molar-refractivity contribution < 1.29 is 14.2 Å². The summed E-state index contributed by atoms with van der Waals surface area (Å²) in [6, 6.07) is 14.4. The van der Waals surface area contributed by atoms with Gasteiger partial charge < -0.3 is 19.5 Å². The van der Waals surface area contributed by atoms with E-state index in [2.05, 4.69) is 36.5 Å². The van der Waals surface area contributed by atoms with Crippen molar-refractivity contribution in [3.63, 3.8) is 0 Å². The maximum Gasteiger partial charge on any atom is 0.162 e. The minimum absolute atomic E-state index is 0.0356. The Morgan fingerprint density at radius 1 is 1.08 bits per heavy atom. The molecule has 4 nitrogen and oxygen atoms in total. The lowest BCUT2D eigenvalue weighted by Gasteiger charge is -2.32. The lowest BCUT2D eigenvalue weighted by atomic mass is 10.0. The van der Waals surface area contributed by atoms with Crippen LogP contribution in [0.4, 0.5) is 0 Å². The second-order valence-electron chi connectivity index (χ2n) is 6.22. The van der Waals surface area contributed by atoms with E-state index in [1.165, 1.54) is 5.56 Å². The molecule has 0 radical (unpaired) electrons. The average Bonchev–Trinajstić information content (AvgIpc) is 2.61. The third-order valence-corrected chi connectivity index (χ3v) is 4.24. The van der Waals surface area contributed by atoms with Crippen molar-refractivity contribution in [2.75, 3.05) is 26.8 Å². The lowest BCUT2D eigenvalue weighted by molar-refractivity contribution is -0.0438. The highest BCUT2D eigenvalue weighted by molar-refractivity contribution is 5.43. The number of morpholine rings is 1. The Bertz CT molecular complexity index is 680. The molecule has 0 aromatic heterocycles. The molecule has 1 fully saturated rings. The molecule has 1 N–H and O–H groups in total. The van der Waals surface area contributed by atoms with Gasteiger partial charge in [0.05, 0.1) is 13.7 Å². The maximum atomic E-state index is 6.38. The lowest BCUT2D eigenvalue weighted by Crippen LogP contribution is -2.43. The summed E-state index contributed by atoms with van der Waals surface area (Å²) in [7, 11) is 1.67. The summed E-state index contributed by atoms with van der Waals surface area (Å²) in [5.41, 5.74) is 3.47. The third-order valence-electron chi connectivity index (χ3n) is 4.24. The van der Waals surface area contributed by atoms with Crippen LogP contribution in [0.5, 0.6) is 11.5 Å². The van der Waals surface area contributed by atoms with Crippen LogP contribution in [0.2, 0.25) is 0 Å². The quantitative estimate of drug-likeness (QED) is 0.913. The van der Waals surface area contributed by atoms with Crippen LogP contribution < -0.4 is 14.8 Å². The average molecular weight is 327 g/mol. The van der Waals surface area contributed by atoms with Crippen LogP contribution >= 0.6 is 0 Å². The number of hydrogen-bond acceptors (Lipinski definition) is 4. The van der Waals surface area contributed by atoms with Crippen LogP contribution in [0, 0.1) is 13.8 Å². The molecule has 24 heavy (non-hydrogen) atoms. The SMILES string of the molecule is COc1cc(C)ccc1OC(c1cccc(C)c1)[C@@H]1CNCCO1. The van der Waals surface area contributed by atoms with Crippen molar-refractivity contribution in [3.05, 3.63) is 59.2 Å². The van der Waals surface area contributed by atoms with Gasteiger partial charge in [-0.25, -0.2) is 0 Å². The number of nitrogens with one attached hydrogen (secondary N) is 1. The Kier molecular flexibility index (Phi) is 5.38. The molecule has 0 saturated carbocycles. The zero-order chi connectivity index (χ0) is 16.9. The van der Waals surface area contributed by atoms with Gasteiger partial charge in [0.25, 0.3) is 0 Å². The van der Waals surface area contributed by atoms with Crippen LogP contribution in [0.15, 0.2) is 42.5 Å². The van der Waals surface area contributed by atoms with E-state index < -0.39 is 0 Å². The first-order chi connectivity index (χ1) is 11.7. The van der Waals surface area contributed by atoms with Gasteiger partial charge in [0.2, 0.25) is 0 Å². The molecule has 0 amide bonds. The number of hydrogen-bond donors (Lipinski definition) is 1. The summed E-state index contributed by atoms with van der Waals surface area (Å²) in [5.74, 6) is 1.49. The molecule has 1 aliphatic heterocycles. The van der Waals surface area contributed by atoms with E-state index in [0.717, 1.165) is 35.7 Å². The van der Waals surface area contributed by atoms with Crippen molar-refractivity contribution in [2.45, 2.75) is 26.1 Å². The van der Waals surface area contributed by atoms with Crippen molar-refractivity contribution in [2.24, 2.45) is 0 Å². The number of rotatable bonds is 5. The predicted octanol–water partition coefficient (Wildman–Crippen LogP) is 3.42. The highest BCUT2D eigenvalue weighted by atomic mass is 16.6. The largest absolute Gasteiger partial charge is 0.493 e. The second kappa shape index (κ2) is 7.69. The molecule has 2 atom stereocenters. The summed E-state index contributed by atoms with van der Waals surface area (Å²) in [5, 5.41) is 3.39. The topological polar surface area (TPSA) is 39.7 Å². The van der Waals surface area contributed by atoms with E-state index in [1.807, 2.05) is 25.1 Å². The Balaban J connectivity index is 1.92. The van der Waals surface area contributed by atoms with Crippen LogP contribution in [0.25, 0.3) is 0 Å². The molecule has 1 heterocycles. The molecule has 1 saturated heterocycles. The summed E-state index contributed by atoms with van der Waals surface area (Å²) < 4.78 is 17.9. The smallest absolute Gasteiger partial charge is 0.162 e. The molecule has 4 heteroatoms. The predicted molar refractivity (Wildman–Crippen MR) is 94.9 cm³/mol. The van der Waals surface area contributed by atoms with E-state index in [0.29, 0.717) is 6.61 Å². The zero-order valence-electron chi connectivity index (χ0n) is 14.5. The third kappa shape index (κ3) is 3.89. The van der Waals surface area contributed by atoms with Gasteiger partial charge in [0.1, 0.15) is 6.10 Å². The van der Waals surface area contributed by atoms with Crippen molar-refractivity contribution >= 4 is 0 Å². The summed E-state index contributed by atoms with van der Waals surface area (Å²) >= 11 is 0. The molecule has 3 rings (SSSR count). The fraction of sp³-hybridized carbons (Fsp3) is 0.400. The van der Waals surface area contributed by atoms with Gasteiger partial charge in [-0.05, 0) is 37.1 Å². The van der Waals surface area contributed by atoms with Gasteiger partial charge in [-0.1, -0.05) is 35.9 Å². The van der Waals surface area contributed by atoms with Gasteiger partial charge in [0, 0.05) is 13.1 Å². The monoisotopic (exact) mass is 327 g/mol. The fourth-order valence-corrected chi connectivity index (χ4v) is 2.99. The summed E-state index contributed by atoms with van der Waals surface area (Å²) in [4.78, 5) is 0. The highest BCUT2D eigenvalue weighted by Gasteiger charge is 2.28. The fourth-order valence-electron chi connectivity index (χ4n) is 2.99. The number of methoxy groups -OCH3 is 1. The molecule has 128 valence electrons. The van der Waals surface area contributed by atoms with Crippen molar-refractivity contribution in [1.82, 2.24) is 5.32 Å². The number of ether oxygens (including phenoxy) is 3. The molecule has 2 aromatic rings. The molecule has 0 spiro atoms. The Labute approximate surface area is 143 Å². The maximum absolute atomic E-state index is 6.38. The Hall–Kier alpha value is -2.04. The van der Waals surface area contributed by atoms with Gasteiger partial charge in [-0.2, -0.15) is 0 Å². The Morgan fingerprint density at radius 3 is 2.62 bits per heavy atom. The number of aryl methyl sites for hydroxylation is 2. The van der Waals surface area contributed by atoms with Gasteiger partial charge in [0.15, 0.2) is 17.6 Å². The van der Waals surface area contributed by atoms with E-state index in [1.54, 1.807) is 7.11 Å². The van der Waals surface area contributed by atoms with Gasteiger partial charge in [-0.15, -0.1) is 0 Å². The minimum atomic E-state index is -0.186. The molecule has 1 unspecified atom stereocenters.